The lowest BCUT2D eigenvalue weighted by Gasteiger charge is -2.34. The fourth-order valence-corrected chi connectivity index (χ4v) is 5.21. The number of pyridine rings is 1. The van der Waals surface area contributed by atoms with Crippen molar-refractivity contribution in [3.8, 4) is 11.1 Å². The van der Waals surface area contributed by atoms with Crippen molar-refractivity contribution in [2.75, 3.05) is 23.3 Å². The molecule has 4 aromatic rings. The van der Waals surface area contributed by atoms with Crippen LogP contribution in [0.5, 0.6) is 0 Å². The van der Waals surface area contributed by atoms with Crippen LogP contribution in [0, 0.1) is 19.8 Å². The van der Waals surface area contributed by atoms with Crippen LogP contribution in [0.4, 0.5) is 11.4 Å². The summed E-state index contributed by atoms with van der Waals surface area (Å²) in [5, 5.41) is 4.61. The number of anilines is 2. The lowest BCUT2D eigenvalue weighted by molar-refractivity contribution is -0.120. The van der Waals surface area contributed by atoms with E-state index < -0.39 is 0 Å². The Morgan fingerprint density at radius 2 is 1.86 bits per heavy atom. The third-order valence-electron chi connectivity index (χ3n) is 6.76. The second-order valence-corrected chi connectivity index (χ2v) is 9.76. The molecule has 1 fully saturated rings. The van der Waals surface area contributed by atoms with E-state index in [0.717, 1.165) is 51.7 Å². The second-order valence-electron chi connectivity index (χ2n) is 9.33. The highest BCUT2D eigenvalue weighted by Crippen LogP contribution is 2.37. The Morgan fingerprint density at radius 3 is 2.63 bits per heavy atom. The monoisotopic (exact) mass is 485 g/mol. The molecule has 0 spiro atoms. The number of H-pyrrole nitrogens is 1. The van der Waals surface area contributed by atoms with Gasteiger partial charge in [0.2, 0.25) is 5.91 Å². The second kappa shape index (κ2) is 9.59. The van der Waals surface area contributed by atoms with Crippen molar-refractivity contribution < 1.29 is 4.79 Å². The van der Waals surface area contributed by atoms with Gasteiger partial charge in [0.15, 0.2) is 0 Å². The summed E-state index contributed by atoms with van der Waals surface area (Å²) in [7, 11) is 0. The highest BCUT2D eigenvalue weighted by Gasteiger charge is 2.30. The Kier molecular flexibility index (Phi) is 6.35. The first-order valence-corrected chi connectivity index (χ1v) is 12.3. The largest absolute Gasteiger partial charge is 0.366 e. The topological polar surface area (TPSA) is 65.2 Å². The Hall–Kier alpha value is -3.57. The van der Waals surface area contributed by atoms with Crippen LogP contribution in [-0.2, 0) is 4.79 Å². The number of hydrogen-bond acceptors (Lipinski definition) is 3. The minimum atomic E-state index is -0.220. The van der Waals surface area contributed by atoms with Gasteiger partial charge in [0.25, 0.3) is 5.56 Å². The number of aryl methyl sites for hydroxylation is 2. The summed E-state index contributed by atoms with van der Waals surface area (Å²) in [4.78, 5) is 31.8. The Balaban J connectivity index is 1.53. The first kappa shape index (κ1) is 23.2. The molecule has 178 valence electrons. The highest BCUT2D eigenvalue weighted by molar-refractivity contribution is 6.31. The molecule has 5 rings (SSSR count). The third-order valence-corrected chi connectivity index (χ3v) is 7.00. The molecular weight excluding hydrogens is 458 g/mol. The van der Waals surface area contributed by atoms with Gasteiger partial charge in [-0.1, -0.05) is 59.6 Å². The average molecular weight is 486 g/mol. The zero-order valence-corrected chi connectivity index (χ0v) is 20.7. The number of fused-ring (bicyclic) bond motifs is 1. The van der Waals surface area contributed by atoms with Crippen LogP contribution in [0.15, 0.2) is 71.5 Å². The van der Waals surface area contributed by atoms with Gasteiger partial charge in [0.05, 0.1) is 5.92 Å². The zero-order valence-electron chi connectivity index (χ0n) is 19.9. The number of aromatic amines is 1. The molecule has 1 saturated heterocycles. The molecule has 5 nitrogen and oxygen atoms in total. The van der Waals surface area contributed by atoms with E-state index in [4.69, 9.17) is 11.6 Å². The van der Waals surface area contributed by atoms with Gasteiger partial charge in [-0.3, -0.25) is 9.59 Å². The van der Waals surface area contributed by atoms with E-state index >= 15 is 0 Å². The maximum Gasteiger partial charge on any atom is 0.272 e. The number of piperidine rings is 1. The summed E-state index contributed by atoms with van der Waals surface area (Å²) >= 11 is 6.36. The maximum atomic E-state index is 13.4. The van der Waals surface area contributed by atoms with Crippen LogP contribution in [0.1, 0.15) is 24.0 Å². The fourth-order valence-electron chi connectivity index (χ4n) is 5.04. The molecule has 1 amide bonds. The Labute approximate surface area is 209 Å². The van der Waals surface area contributed by atoms with Gasteiger partial charge in [-0.05, 0) is 62.1 Å². The van der Waals surface area contributed by atoms with Crippen molar-refractivity contribution in [1.82, 2.24) is 4.98 Å². The van der Waals surface area contributed by atoms with E-state index in [2.05, 4.69) is 21.3 Å². The van der Waals surface area contributed by atoms with Crippen molar-refractivity contribution >= 4 is 39.8 Å². The molecule has 0 saturated carbocycles. The van der Waals surface area contributed by atoms with Crippen LogP contribution < -0.4 is 15.8 Å². The number of aromatic nitrogens is 1. The predicted octanol–water partition coefficient (Wildman–Crippen LogP) is 6.32. The standard InChI is InChI=1S/C29H28ClN3O2/c1-18-10-12-24(19(2)15-18)31-28(34)21-9-6-14-33(17-21)27-26(20-7-4-3-5-8-20)23-16-22(30)11-13-25(23)32-29(27)35/h3-5,7-8,10-13,15-16,21H,6,9,14,17H2,1-2H3,(H,31,34)(H,32,35)/t21-/m0/s1. The number of halogens is 1. The smallest absolute Gasteiger partial charge is 0.272 e. The molecule has 0 aliphatic carbocycles. The first-order valence-electron chi connectivity index (χ1n) is 11.9. The summed E-state index contributed by atoms with van der Waals surface area (Å²) in [6.45, 7) is 5.23. The number of benzene rings is 3. The van der Waals surface area contributed by atoms with Crippen LogP contribution in [0.2, 0.25) is 5.02 Å². The van der Waals surface area contributed by atoms with Gasteiger partial charge in [-0.15, -0.1) is 0 Å². The number of nitrogens with one attached hydrogen (secondary N) is 2. The van der Waals surface area contributed by atoms with Crippen molar-refractivity contribution in [3.05, 3.63) is 93.2 Å². The molecule has 1 aliphatic rings. The SMILES string of the molecule is Cc1ccc(NC(=O)[C@H]2CCCN(c3c(-c4ccccc4)c4cc(Cl)ccc4[nH]c3=O)C2)c(C)c1. The number of hydrogen-bond donors (Lipinski definition) is 2. The summed E-state index contributed by atoms with van der Waals surface area (Å²) in [6.07, 6.45) is 1.61. The molecule has 2 N–H and O–H groups in total. The van der Waals surface area contributed by atoms with Gasteiger partial charge in [-0.2, -0.15) is 0 Å². The van der Waals surface area contributed by atoms with E-state index in [9.17, 15) is 9.59 Å². The normalized spacial score (nSPS) is 15.9. The van der Waals surface area contributed by atoms with E-state index in [1.54, 1.807) is 6.07 Å². The average Bonchev–Trinajstić information content (AvgIpc) is 2.86. The van der Waals surface area contributed by atoms with Crippen molar-refractivity contribution in [1.29, 1.82) is 0 Å². The predicted molar refractivity (Wildman–Crippen MR) is 144 cm³/mol. The molecule has 2 heterocycles. The summed E-state index contributed by atoms with van der Waals surface area (Å²) in [5.74, 6) is -0.231. The van der Waals surface area contributed by atoms with Crippen molar-refractivity contribution in [3.63, 3.8) is 0 Å². The number of nitrogens with zero attached hydrogens (tertiary/aromatic N) is 1. The first-order chi connectivity index (χ1) is 16.9. The van der Waals surface area contributed by atoms with E-state index in [1.165, 1.54) is 0 Å². The Bertz CT molecular complexity index is 1460. The zero-order chi connectivity index (χ0) is 24.5. The number of amides is 1. The van der Waals surface area contributed by atoms with Gasteiger partial charge in [-0.25, -0.2) is 0 Å². The molecule has 3 aromatic carbocycles. The summed E-state index contributed by atoms with van der Waals surface area (Å²) < 4.78 is 0. The van der Waals surface area contributed by atoms with Crippen LogP contribution >= 0.6 is 11.6 Å². The van der Waals surface area contributed by atoms with Crippen LogP contribution in [0.3, 0.4) is 0 Å². The molecule has 35 heavy (non-hydrogen) atoms. The lowest BCUT2D eigenvalue weighted by atomic mass is 9.93. The molecule has 1 aliphatic heterocycles. The summed E-state index contributed by atoms with van der Waals surface area (Å²) in [5.41, 5.74) is 6.01. The van der Waals surface area contributed by atoms with Crippen molar-refractivity contribution in [2.45, 2.75) is 26.7 Å². The molecule has 0 unspecified atom stereocenters. The molecule has 1 atom stereocenters. The van der Waals surface area contributed by atoms with Gasteiger partial charge < -0.3 is 15.2 Å². The molecule has 0 bridgehead atoms. The lowest BCUT2D eigenvalue weighted by Crippen LogP contribution is -2.43. The number of rotatable bonds is 4. The van der Waals surface area contributed by atoms with E-state index in [-0.39, 0.29) is 17.4 Å². The van der Waals surface area contributed by atoms with Crippen molar-refractivity contribution in [2.24, 2.45) is 5.92 Å². The van der Waals surface area contributed by atoms with Gasteiger partial charge >= 0.3 is 0 Å². The number of carbonyl (C=O) groups is 1. The van der Waals surface area contributed by atoms with Gasteiger partial charge in [0.1, 0.15) is 5.69 Å². The Morgan fingerprint density at radius 1 is 1.06 bits per heavy atom. The maximum absolute atomic E-state index is 13.4. The molecule has 1 aromatic heterocycles. The highest BCUT2D eigenvalue weighted by atomic mass is 35.5. The van der Waals surface area contributed by atoms with Crippen LogP contribution in [-0.4, -0.2) is 24.0 Å². The minimum absolute atomic E-state index is 0.0109. The molecule has 6 heteroatoms. The quantitative estimate of drug-likeness (QED) is 0.355. The third kappa shape index (κ3) is 4.69. The summed E-state index contributed by atoms with van der Waals surface area (Å²) in [6, 6.07) is 21.4. The molecule has 0 radical (unpaired) electrons. The number of carbonyl (C=O) groups excluding carboxylic acids is 1. The van der Waals surface area contributed by atoms with E-state index in [1.807, 2.05) is 68.4 Å². The fraction of sp³-hybridized carbons (Fsp3) is 0.241. The van der Waals surface area contributed by atoms with E-state index in [0.29, 0.717) is 23.8 Å². The minimum Gasteiger partial charge on any atom is -0.366 e. The van der Waals surface area contributed by atoms with Crippen LogP contribution in [0.25, 0.3) is 22.0 Å². The molecular formula is C29H28ClN3O2. The van der Waals surface area contributed by atoms with Gasteiger partial charge in [0, 0.05) is 40.3 Å².